The van der Waals surface area contributed by atoms with Crippen molar-refractivity contribution in [1.29, 1.82) is 0 Å². The van der Waals surface area contributed by atoms with Crippen molar-refractivity contribution in [2.75, 3.05) is 7.05 Å². The SMILES string of the molecule is CNC(=O)[C@H](C)N(Cc1ccc(C)cc1)C(=O)Cc1ccccc1Cl. The Labute approximate surface area is 153 Å². The molecule has 0 aliphatic carbocycles. The highest BCUT2D eigenvalue weighted by Gasteiger charge is 2.25. The molecule has 2 rings (SSSR count). The molecule has 0 radical (unpaired) electrons. The zero-order valence-electron chi connectivity index (χ0n) is 14.8. The number of benzene rings is 2. The minimum Gasteiger partial charge on any atom is -0.357 e. The molecular weight excluding hydrogens is 336 g/mol. The van der Waals surface area contributed by atoms with E-state index in [1.165, 1.54) is 0 Å². The third-order valence-electron chi connectivity index (χ3n) is 4.19. The van der Waals surface area contributed by atoms with Crippen LogP contribution in [-0.2, 0) is 22.6 Å². The van der Waals surface area contributed by atoms with Crippen molar-refractivity contribution in [1.82, 2.24) is 10.2 Å². The van der Waals surface area contributed by atoms with Gasteiger partial charge in [0.2, 0.25) is 11.8 Å². The number of carbonyl (C=O) groups excluding carboxylic acids is 2. The van der Waals surface area contributed by atoms with Crippen molar-refractivity contribution >= 4 is 23.4 Å². The molecule has 0 saturated heterocycles. The molecule has 0 unspecified atom stereocenters. The summed E-state index contributed by atoms with van der Waals surface area (Å²) in [6.45, 7) is 4.12. The first kappa shape index (κ1) is 19.0. The first-order valence-electron chi connectivity index (χ1n) is 8.22. The second-order valence-corrected chi connectivity index (χ2v) is 6.47. The highest BCUT2D eigenvalue weighted by molar-refractivity contribution is 6.31. The predicted octanol–water partition coefficient (Wildman–Crippen LogP) is 3.35. The molecule has 0 aliphatic heterocycles. The van der Waals surface area contributed by atoms with Crippen molar-refractivity contribution in [3.05, 3.63) is 70.2 Å². The summed E-state index contributed by atoms with van der Waals surface area (Å²) in [6, 6.07) is 14.6. The number of amides is 2. The fraction of sp³-hybridized carbons (Fsp3) is 0.300. The molecule has 2 aromatic rings. The molecule has 0 spiro atoms. The van der Waals surface area contributed by atoms with Crippen LogP contribution in [0.4, 0.5) is 0 Å². The van der Waals surface area contributed by atoms with Crippen molar-refractivity contribution in [2.45, 2.75) is 32.9 Å². The lowest BCUT2D eigenvalue weighted by Crippen LogP contribution is -2.47. The molecule has 0 bridgehead atoms. The van der Waals surface area contributed by atoms with Crippen LogP contribution < -0.4 is 5.32 Å². The summed E-state index contributed by atoms with van der Waals surface area (Å²) in [7, 11) is 1.57. The fourth-order valence-electron chi connectivity index (χ4n) is 2.59. The van der Waals surface area contributed by atoms with Crippen molar-refractivity contribution in [3.63, 3.8) is 0 Å². The predicted molar refractivity (Wildman–Crippen MR) is 100 cm³/mol. The Balaban J connectivity index is 2.23. The summed E-state index contributed by atoms with van der Waals surface area (Å²) in [5, 5.41) is 3.17. The highest BCUT2D eigenvalue weighted by Crippen LogP contribution is 2.18. The second kappa shape index (κ2) is 8.67. The van der Waals surface area contributed by atoms with Crippen LogP contribution >= 0.6 is 11.6 Å². The van der Waals surface area contributed by atoms with E-state index in [1.807, 2.05) is 49.4 Å². The minimum absolute atomic E-state index is 0.134. The quantitative estimate of drug-likeness (QED) is 0.860. The van der Waals surface area contributed by atoms with Gasteiger partial charge in [-0.05, 0) is 31.0 Å². The molecule has 1 atom stereocenters. The fourth-order valence-corrected chi connectivity index (χ4v) is 2.79. The molecule has 25 heavy (non-hydrogen) atoms. The lowest BCUT2D eigenvalue weighted by atomic mass is 10.1. The number of aryl methyl sites for hydroxylation is 1. The maximum atomic E-state index is 12.9. The molecule has 0 saturated carbocycles. The van der Waals surface area contributed by atoms with Gasteiger partial charge in [-0.15, -0.1) is 0 Å². The number of nitrogens with one attached hydrogen (secondary N) is 1. The highest BCUT2D eigenvalue weighted by atomic mass is 35.5. The third-order valence-corrected chi connectivity index (χ3v) is 4.56. The van der Waals surface area contributed by atoms with Gasteiger partial charge in [0.15, 0.2) is 0 Å². The molecular formula is C20H23ClN2O2. The van der Waals surface area contributed by atoms with E-state index in [4.69, 9.17) is 11.6 Å². The zero-order chi connectivity index (χ0) is 18.4. The lowest BCUT2D eigenvalue weighted by molar-refractivity contribution is -0.139. The average Bonchev–Trinajstić information content (AvgIpc) is 2.61. The van der Waals surface area contributed by atoms with Gasteiger partial charge in [-0.3, -0.25) is 9.59 Å². The molecule has 1 N–H and O–H groups in total. The Morgan fingerprint density at radius 1 is 1.12 bits per heavy atom. The molecule has 5 heteroatoms. The average molecular weight is 359 g/mol. The first-order chi connectivity index (χ1) is 11.9. The third kappa shape index (κ3) is 5.07. The van der Waals surface area contributed by atoms with Crippen LogP contribution in [0.15, 0.2) is 48.5 Å². The molecule has 0 heterocycles. The monoisotopic (exact) mass is 358 g/mol. The molecule has 0 fully saturated rings. The van der Waals surface area contributed by atoms with Gasteiger partial charge >= 0.3 is 0 Å². The van der Waals surface area contributed by atoms with Gasteiger partial charge in [-0.25, -0.2) is 0 Å². The summed E-state index contributed by atoms with van der Waals surface area (Å²) in [4.78, 5) is 26.6. The maximum absolute atomic E-state index is 12.9. The van der Waals surface area contributed by atoms with Crippen LogP contribution in [-0.4, -0.2) is 29.8 Å². The Bertz CT molecular complexity index is 744. The second-order valence-electron chi connectivity index (χ2n) is 6.07. The number of hydrogen-bond acceptors (Lipinski definition) is 2. The maximum Gasteiger partial charge on any atom is 0.242 e. The number of nitrogens with zero attached hydrogens (tertiary/aromatic N) is 1. The zero-order valence-corrected chi connectivity index (χ0v) is 15.5. The largest absolute Gasteiger partial charge is 0.357 e. The van der Waals surface area contributed by atoms with Gasteiger partial charge in [0.05, 0.1) is 6.42 Å². The number of carbonyl (C=O) groups is 2. The van der Waals surface area contributed by atoms with Crippen LogP contribution in [0, 0.1) is 6.92 Å². The van der Waals surface area contributed by atoms with Gasteiger partial charge in [-0.2, -0.15) is 0 Å². The number of rotatable bonds is 6. The van der Waals surface area contributed by atoms with E-state index < -0.39 is 6.04 Å². The normalized spacial score (nSPS) is 11.7. The topological polar surface area (TPSA) is 49.4 Å². The van der Waals surface area contributed by atoms with Crippen LogP contribution in [0.25, 0.3) is 0 Å². The van der Waals surface area contributed by atoms with Crippen LogP contribution in [0.5, 0.6) is 0 Å². The van der Waals surface area contributed by atoms with Gasteiger partial charge < -0.3 is 10.2 Å². The van der Waals surface area contributed by atoms with E-state index in [1.54, 1.807) is 24.9 Å². The van der Waals surface area contributed by atoms with Crippen LogP contribution in [0.1, 0.15) is 23.6 Å². The number of hydrogen-bond donors (Lipinski definition) is 1. The van der Waals surface area contributed by atoms with Gasteiger partial charge in [0.1, 0.15) is 6.04 Å². The van der Waals surface area contributed by atoms with Crippen LogP contribution in [0.2, 0.25) is 5.02 Å². The van der Waals surface area contributed by atoms with Gasteiger partial charge in [0.25, 0.3) is 0 Å². The Hall–Kier alpha value is -2.33. The summed E-state index contributed by atoms with van der Waals surface area (Å²) in [6.07, 6.45) is 0.160. The van der Waals surface area contributed by atoms with Crippen molar-refractivity contribution in [2.24, 2.45) is 0 Å². The number of likely N-dealkylation sites (N-methyl/N-ethyl adjacent to an activating group) is 1. The van der Waals surface area contributed by atoms with Crippen LogP contribution in [0.3, 0.4) is 0 Å². The molecule has 132 valence electrons. The molecule has 2 amide bonds. The minimum atomic E-state index is -0.568. The summed E-state index contributed by atoms with van der Waals surface area (Å²) in [5.74, 6) is -0.329. The van der Waals surface area contributed by atoms with E-state index >= 15 is 0 Å². The number of halogens is 1. The van der Waals surface area contributed by atoms with E-state index in [9.17, 15) is 9.59 Å². The van der Waals surface area contributed by atoms with Gasteiger partial charge in [0, 0.05) is 18.6 Å². The van der Waals surface area contributed by atoms with E-state index in [0.29, 0.717) is 11.6 Å². The summed E-state index contributed by atoms with van der Waals surface area (Å²) >= 11 is 6.17. The van der Waals surface area contributed by atoms with E-state index in [-0.39, 0.29) is 18.2 Å². The van der Waals surface area contributed by atoms with Crippen molar-refractivity contribution in [3.8, 4) is 0 Å². The smallest absolute Gasteiger partial charge is 0.242 e. The molecule has 0 aliphatic rings. The van der Waals surface area contributed by atoms with E-state index in [2.05, 4.69) is 5.32 Å². The lowest BCUT2D eigenvalue weighted by Gasteiger charge is -2.28. The first-order valence-corrected chi connectivity index (χ1v) is 8.60. The Morgan fingerprint density at radius 3 is 2.36 bits per heavy atom. The Kier molecular flexibility index (Phi) is 6.59. The van der Waals surface area contributed by atoms with Crippen molar-refractivity contribution < 1.29 is 9.59 Å². The standard InChI is InChI=1S/C20H23ClN2O2/c1-14-8-10-16(11-9-14)13-23(15(2)20(25)22-3)19(24)12-17-6-4-5-7-18(17)21/h4-11,15H,12-13H2,1-3H3,(H,22,25)/t15-/m0/s1. The van der Waals surface area contributed by atoms with Gasteiger partial charge in [-0.1, -0.05) is 59.6 Å². The molecule has 0 aromatic heterocycles. The summed E-state index contributed by atoms with van der Waals surface area (Å²) in [5.41, 5.74) is 2.89. The molecule has 2 aromatic carbocycles. The molecule has 4 nitrogen and oxygen atoms in total. The van der Waals surface area contributed by atoms with E-state index in [0.717, 1.165) is 16.7 Å². The summed E-state index contributed by atoms with van der Waals surface area (Å²) < 4.78 is 0. The Morgan fingerprint density at radius 2 is 1.76 bits per heavy atom.